The third-order valence-electron chi connectivity index (χ3n) is 2.32. The molecule has 0 aromatic heterocycles. The van der Waals surface area contributed by atoms with Crippen molar-refractivity contribution in [3.8, 4) is 0 Å². The number of allylic oxidation sites excluding steroid dienone is 2. The van der Waals surface area contributed by atoms with Crippen LogP contribution >= 0.6 is 0 Å². The van der Waals surface area contributed by atoms with Crippen LogP contribution in [0.5, 0.6) is 0 Å². The minimum atomic E-state index is 0.915. The molecule has 84 valence electrons. The maximum atomic E-state index is 2.43. The predicted octanol–water partition coefficient (Wildman–Crippen LogP) is 4.85. The van der Waals surface area contributed by atoms with Gasteiger partial charge >= 0.3 is 96.5 Å². The van der Waals surface area contributed by atoms with Gasteiger partial charge in [-0.25, -0.2) is 0 Å². The van der Waals surface area contributed by atoms with E-state index in [0.717, 1.165) is 19.8 Å². The van der Waals surface area contributed by atoms with Gasteiger partial charge in [0.1, 0.15) is 0 Å². The van der Waals surface area contributed by atoms with Crippen molar-refractivity contribution in [1.29, 1.82) is 0 Å². The Balaban J connectivity index is 3.10. The van der Waals surface area contributed by atoms with Crippen molar-refractivity contribution in [2.45, 2.75) is 69.4 Å². The molecular formula is C13H26Se. The summed E-state index contributed by atoms with van der Waals surface area (Å²) in [5.74, 6) is 0. The summed E-state index contributed by atoms with van der Waals surface area (Å²) in [6.45, 7) is 6.84. The van der Waals surface area contributed by atoms with Gasteiger partial charge in [-0.2, -0.15) is 0 Å². The number of unbranched alkanes of at least 4 members (excludes halogenated alkanes) is 3. The van der Waals surface area contributed by atoms with E-state index in [0.29, 0.717) is 0 Å². The van der Waals surface area contributed by atoms with Gasteiger partial charge in [0, 0.05) is 0 Å². The van der Waals surface area contributed by atoms with E-state index < -0.39 is 0 Å². The first-order valence-electron chi connectivity index (χ1n) is 6.04. The van der Waals surface area contributed by atoms with Crippen LogP contribution in [-0.4, -0.2) is 15.0 Å². The van der Waals surface area contributed by atoms with Crippen LogP contribution in [0.3, 0.4) is 0 Å². The zero-order chi connectivity index (χ0) is 10.6. The van der Waals surface area contributed by atoms with Crippen LogP contribution in [0, 0.1) is 0 Å². The molecule has 0 heterocycles. The zero-order valence-corrected chi connectivity index (χ0v) is 11.8. The van der Waals surface area contributed by atoms with E-state index in [1.54, 1.807) is 0 Å². The second-order valence-corrected chi connectivity index (χ2v) is 7.13. The van der Waals surface area contributed by atoms with Crippen molar-refractivity contribution < 1.29 is 0 Å². The van der Waals surface area contributed by atoms with Gasteiger partial charge in [-0.15, -0.1) is 0 Å². The molecule has 14 heavy (non-hydrogen) atoms. The molecule has 0 nitrogen and oxygen atoms in total. The number of rotatable bonds is 9. The van der Waals surface area contributed by atoms with Gasteiger partial charge < -0.3 is 0 Å². The molecule has 1 heteroatoms. The molecule has 0 N–H and O–H groups in total. The molecule has 0 aliphatic heterocycles. The monoisotopic (exact) mass is 262 g/mol. The van der Waals surface area contributed by atoms with Crippen LogP contribution in [0.25, 0.3) is 0 Å². The van der Waals surface area contributed by atoms with Gasteiger partial charge in [0.05, 0.1) is 0 Å². The van der Waals surface area contributed by atoms with E-state index in [-0.39, 0.29) is 0 Å². The second-order valence-electron chi connectivity index (χ2n) is 3.89. The summed E-state index contributed by atoms with van der Waals surface area (Å²) in [6, 6.07) is 0. The fraction of sp³-hybridized carbons (Fsp3) is 0.846. The third kappa shape index (κ3) is 10.3. The maximum absolute atomic E-state index is 2.43. The first-order chi connectivity index (χ1) is 6.81. The first kappa shape index (κ1) is 14.3. The molecular weight excluding hydrogens is 235 g/mol. The summed E-state index contributed by atoms with van der Waals surface area (Å²) < 4.78 is 0. The van der Waals surface area contributed by atoms with Crippen molar-refractivity contribution in [3.63, 3.8) is 0 Å². The molecule has 0 saturated heterocycles. The number of hydrogen-bond acceptors (Lipinski definition) is 0. The average Bonchev–Trinajstić information content (AvgIpc) is 2.20. The minimum absolute atomic E-state index is 0.915. The Morgan fingerprint density at radius 2 is 2.00 bits per heavy atom. The van der Waals surface area contributed by atoms with Gasteiger partial charge in [-0.1, -0.05) is 0 Å². The zero-order valence-electron chi connectivity index (χ0n) is 10.1. The SMILES string of the molecule is C/C=C/CCCCCC(C)[Se]CCC. The molecule has 1 atom stereocenters. The quantitative estimate of drug-likeness (QED) is 0.316. The van der Waals surface area contributed by atoms with E-state index in [1.807, 2.05) is 0 Å². The van der Waals surface area contributed by atoms with Crippen molar-refractivity contribution >= 4 is 15.0 Å². The Labute approximate surface area is 96.7 Å². The van der Waals surface area contributed by atoms with Crippen LogP contribution < -0.4 is 0 Å². The van der Waals surface area contributed by atoms with Crippen LogP contribution in [-0.2, 0) is 0 Å². The topological polar surface area (TPSA) is 0 Å². The Morgan fingerprint density at radius 1 is 1.21 bits per heavy atom. The summed E-state index contributed by atoms with van der Waals surface area (Å²) in [4.78, 5) is 1.02. The Morgan fingerprint density at radius 3 is 2.64 bits per heavy atom. The third-order valence-corrected chi connectivity index (χ3v) is 5.36. The van der Waals surface area contributed by atoms with Gasteiger partial charge in [-0.05, 0) is 0 Å². The van der Waals surface area contributed by atoms with E-state index in [1.165, 1.54) is 43.8 Å². The second kappa shape index (κ2) is 11.3. The average molecular weight is 261 g/mol. The molecule has 0 aliphatic carbocycles. The number of hydrogen-bond donors (Lipinski definition) is 0. The molecule has 0 rings (SSSR count). The van der Waals surface area contributed by atoms with Crippen molar-refractivity contribution in [1.82, 2.24) is 0 Å². The summed E-state index contributed by atoms with van der Waals surface area (Å²) in [5.41, 5.74) is 0. The van der Waals surface area contributed by atoms with Crippen LogP contribution in [0.1, 0.15) is 59.3 Å². The van der Waals surface area contributed by atoms with Gasteiger partial charge in [-0.3, -0.25) is 0 Å². The Hall–Kier alpha value is 0.259. The summed E-state index contributed by atoms with van der Waals surface area (Å²) in [5, 5.41) is 1.48. The van der Waals surface area contributed by atoms with Gasteiger partial charge in [0.15, 0.2) is 0 Å². The molecule has 0 fully saturated rings. The van der Waals surface area contributed by atoms with Crippen LogP contribution in [0.2, 0.25) is 10.1 Å². The molecule has 0 saturated carbocycles. The molecule has 0 radical (unpaired) electrons. The van der Waals surface area contributed by atoms with Crippen LogP contribution in [0.15, 0.2) is 12.2 Å². The molecule has 0 aromatic carbocycles. The normalized spacial score (nSPS) is 13.6. The summed E-state index contributed by atoms with van der Waals surface area (Å²) >= 11 is 0.915. The molecule has 0 spiro atoms. The molecule has 0 aliphatic rings. The van der Waals surface area contributed by atoms with E-state index in [2.05, 4.69) is 32.9 Å². The van der Waals surface area contributed by atoms with Gasteiger partial charge in [0.25, 0.3) is 0 Å². The molecule has 0 aromatic rings. The van der Waals surface area contributed by atoms with Crippen molar-refractivity contribution in [2.75, 3.05) is 0 Å². The predicted molar refractivity (Wildman–Crippen MR) is 68.2 cm³/mol. The molecule has 0 bridgehead atoms. The first-order valence-corrected chi connectivity index (χ1v) is 8.24. The molecule has 0 amide bonds. The van der Waals surface area contributed by atoms with E-state index in [9.17, 15) is 0 Å². The standard InChI is InChI=1S/C13H26Se/c1-4-6-7-8-9-10-11-13(3)14-12-5-2/h4,6,13H,5,7-12H2,1-3H3/b6-4+. The van der Waals surface area contributed by atoms with Crippen LogP contribution in [0.4, 0.5) is 0 Å². The van der Waals surface area contributed by atoms with E-state index >= 15 is 0 Å². The fourth-order valence-corrected chi connectivity index (χ4v) is 3.48. The summed E-state index contributed by atoms with van der Waals surface area (Å²) in [7, 11) is 0. The Bertz CT molecular complexity index is 129. The van der Waals surface area contributed by atoms with Crippen molar-refractivity contribution in [2.24, 2.45) is 0 Å². The van der Waals surface area contributed by atoms with Gasteiger partial charge in [0.2, 0.25) is 0 Å². The molecule has 1 unspecified atom stereocenters. The van der Waals surface area contributed by atoms with E-state index in [4.69, 9.17) is 0 Å². The van der Waals surface area contributed by atoms with Crippen molar-refractivity contribution in [3.05, 3.63) is 12.2 Å². The Kier molecular flexibility index (Phi) is 11.5. The summed E-state index contributed by atoms with van der Waals surface area (Å²) in [6.07, 6.45) is 12.8. The fourth-order valence-electron chi connectivity index (χ4n) is 1.44.